The maximum absolute atomic E-state index is 4.34. The summed E-state index contributed by atoms with van der Waals surface area (Å²) in [5, 5.41) is 0. The summed E-state index contributed by atoms with van der Waals surface area (Å²) < 4.78 is 0. The van der Waals surface area contributed by atoms with Gasteiger partial charge in [-0.2, -0.15) is 0 Å². The van der Waals surface area contributed by atoms with Crippen molar-refractivity contribution in [3.05, 3.63) is 192 Å². The number of hydrogen-bond donors (Lipinski definition) is 0. The van der Waals surface area contributed by atoms with Crippen molar-refractivity contribution in [1.82, 2.24) is 0 Å². The average Bonchev–Trinajstić information content (AvgIpc) is 3.25. The van der Waals surface area contributed by atoms with Crippen molar-refractivity contribution in [2.45, 2.75) is 33.1 Å². The summed E-state index contributed by atoms with van der Waals surface area (Å²) in [7, 11) is 0. The van der Waals surface area contributed by atoms with Crippen molar-refractivity contribution in [2.24, 2.45) is 0 Å². The Hall–Kier alpha value is -4.88. The fraction of sp³-hybridized carbons (Fsp3) is 0.122. The highest BCUT2D eigenvalue weighted by Gasteiger charge is 2.46. The Morgan fingerprint density at radius 2 is 1.43 bits per heavy atom. The maximum Gasteiger partial charge on any atom is 0.0674 e. The van der Waals surface area contributed by atoms with E-state index in [0.29, 0.717) is 0 Å². The third kappa shape index (κ3) is 5.15. The summed E-state index contributed by atoms with van der Waals surface area (Å²) in [6.45, 7) is 17.0. The molecule has 1 heteroatoms. The topological polar surface area (TPSA) is 3.24 Å². The van der Waals surface area contributed by atoms with E-state index in [0.717, 1.165) is 28.2 Å². The van der Waals surface area contributed by atoms with Gasteiger partial charge in [0.15, 0.2) is 0 Å². The van der Waals surface area contributed by atoms with Crippen LogP contribution in [0.3, 0.4) is 0 Å². The number of allylic oxidation sites excluding steroid dienone is 10. The first-order valence-electron chi connectivity index (χ1n) is 14.5. The van der Waals surface area contributed by atoms with Crippen molar-refractivity contribution in [3.8, 4) is 0 Å². The smallest absolute Gasteiger partial charge is 0.0674 e. The lowest BCUT2D eigenvalue weighted by atomic mass is 9.66. The van der Waals surface area contributed by atoms with Crippen LogP contribution in [0.15, 0.2) is 169 Å². The molecule has 0 bridgehead atoms. The molecule has 0 N–H and O–H groups in total. The van der Waals surface area contributed by atoms with Crippen molar-refractivity contribution < 1.29 is 0 Å². The highest BCUT2D eigenvalue weighted by Crippen LogP contribution is 2.56. The molecule has 1 atom stereocenters. The molecule has 5 rings (SSSR count). The SMILES string of the molecule is C=CC(=CC=CC)C1(c2cccc(N(c3ccccc3)c3ccccc3)c2)C(C)=C(C=CC(=C)C)c2ccc(C)cc21. The van der Waals surface area contributed by atoms with Gasteiger partial charge in [-0.25, -0.2) is 0 Å². The molecule has 42 heavy (non-hydrogen) atoms. The van der Waals surface area contributed by atoms with Crippen LogP contribution >= 0.6 is 0 Å². The molecular weight excluding hydrogens is 506 g/mol. The molecule has 0 fully saturated rings. The van der Waals surface area contributed by atoms with E-state index in [-0.39, 0.29) is 0 Å². The maximum atomic E-state index is 4.34. The molecule has 0 heterocycles. The van der Waals surface area contributed by atoms with Crippen LogP contribution in [0.25, 0.3) is 5.57 Å². The number of benzene rings is 4. The Labute approximate surface area is 251 Å². The van der Waals surface area contributed by atoms with Crippen LogP contribution in [0, 0.1) is 6.92 Å². The van der Waals surface area contributed by atoms with Crippen molar-refractivity contribution >= 4 is 22.6 Å². The van der Waals surface area contributed by atoms with E-state index in [9.17, 15) is 0 Å². The molecule has 1 unspecified atom stereocenters. The standard InChI is InChI=1S/C41H39N/c1-7-9-17-33(8-2)41(32(6)38(26-24-30(3)4)39-27-25-31(5)28-40(39)41)34-18-16-23-37(29-34)42(35-19-12-10-13-20-35)36-21-14-11-15-22-36/h7-29H,2-3H2,1,4-6H3. The predicted octanol–water partition coefficient (Wildman–Crippen LogP) is 11.4. The third-order valence-electron chi connectivity index (χ3n) is 8.06. The molecule has 4 aromatic rings. The molecule has 0 saturated heterocycles. The molecule has 0 spiro atoms. The van der Waals surface area contributed by atoms with Gasteiger partial charge in [-0.15, -0.1) is 0 Å². The highest BCUT2D eigenvalue weighted by atomic mass is 15.1. The Kier molecular flexibility index (Phi) is 8.41. The minimum Gasteiger partial charge on any atom is -0.310 e. The molecule has 208 valence electrons. The summed E-state index contributed by atoms with van der Waals surface area (Å²) in [6.07, 6.45) is 12.8. The molecule has 0 amide bonds. The van der Waals surface area contributed by atoms with Gasteiger partial charge in [0.1, 0.15) is 0 Å². The molecule has 1 aliphatic carbocycles. The van der Waals surface area contributed by atoms with Crippen molar-refractivity contribution in [2.75, 3.05) is 4.90 Å². The number of rotatable bonds is 9. The summed E-state index contributed by atoms with van der Waals surface area (Å²) in [4.78, 5) is 2.33. The van der Waals surface area contributed by atoms with Crippen LogP contribution in [0.1, 0.15) is 43.0 Å². The minimum absolute atomic E-state index is 0.521. The van der Waals surface area contributed by atoms with Gasteiger partial charge in [-0.1, -0.05) is 127 Å². The molecule has 0 aliphatic heterocycles. The second-order valence-corrected chi connectivity index (χ2v) is 10.9. The number of nitrogens with zero attached hydrogens (tertiary/aromatic N) is 1. The Morgan fingerprint density at radius 1 is 0.786 bits per heavy atom. The molecular formula is C41H39N. The van der Waals surface area contributed by atoms with E-state index in [2.05, 4.69) is 172 Å². The quantitative estimate of drug-likeness (QED) is 0.189. The summed E-state index contributed by atoms with van der Waals surface area (Å²) in [5.74, 6) is 0. The zero-order valence-electron chi connectivity index (χ0n) is 25.1. The van der Waals surface area contributed by atoms with Crippen LogP contribution in [0.4, 0.5) is 17.1 Å². The van der Waals surface area contributed by atoms with Gasteiger partial charge in [-0.05, 0) is 97.5 Å². The molecule has 0 radical (unpaired) electrons. The van der Waals surface area contributed by atoms with Gasteiger partial charge < -0.3 is 4.90 Å². The van der Waals surface area contributed by atoms with Gasteiger partial charge in [-0.3, -0.25) is 0 Å². The number of aryl methyl sites for hydroxylation is 1. The Morgan fingerprint density at radius 3 is 2.02 bits per heavy atom. The first kappa shape index (κ1) is 28.6. The van der Waals surface area contributed by atoms with E-state index in [1.807, 2.05) is 13.0 Å². The van der Waals surface area contributed by atoms with Crippen LogP contribution in [0.2, 0.25) is 0 Å². The molecule has 0 aromatic heterocycles. The number of fused-ring (bicyclic) bond motifs is 1. The Balaban J connectivity index is 1.85. The van der Waals surface area contributed by atoms with E-state index in [4.69, 9.17) is 0 Å². The van der Waals surface area contributed by atoms with Crippen LogP contribution < -0.4 is 4.90 Å². The highest BCUT2D eigenvalue weighted by molar-refractivity contribution is 5.91. The van der Waals surface area contributed by atoms with Gasteiger partial charge in [0.05, 0.1) is 5.41 Å². The predicted molar refractivity (Wildman–Crippen MR) is 183 cm³/mol. The molecule has 4 aromatic carbocycles. The minimum atomic E-state index is -0.521. The molecule has 1 aliphatic rings. The lowest BCUT2D eigenvalue weighted by Gasteiger charge is -2.36. The average molecular weight is 546 g/mol. The number of anilines is 3. The van der Waals surface area contributed by atoms with Crippen LogP contribution in [0.5, 0.6) is 0 Å². The monoisotopic (exact) mass is 545 g/mol. The number of hydrogen-bond acceptors (Lipinski definition) is 1. The first-order chi connectivity index (χ1) is 20.4. The summed E-state index contributed by atoms with van der Waals surface area (Å²) in [5.41, 5.74) is 12.5. The fourth-order valence-electron chi connectivity index (χ4n) is 6.19. The van der Waals surface area contributed by atoms with E-state index < -0.39 is 5.41 Å². The normalized spacial score (nSPS) is 16.7. The zero-order valence-corrected chi connectivity index (χ0v) is 25.1. The van der Waals surface area contributed by atoms with Gasteiger partial charge in [0.25, 0.3) is 0 Å². The second-order valence-electron chi connectivity index (χ2n) is 10.9. The van der Waals surface area contributed by atoms with Gasteiger partial charge in [0, 0.05) is 17.1 Å². The van der Waals surface area contributed by atoms with Crippen LogP contribution in [-0.4, -0.2) is 0 Å². The van der Waals surface area contributed by atoms with Crippen molar-refractivity contribution in [3.63, 3.8) is 0 Å². The van der Waals surface area contributed by atoms with E-state index in [1.54, 1.807) is 0 Å². The molecule has 0 saturated carbocycles. The van der Waals surface area contributed by atoms with Gasteiger partial charge >= 0.3 is 0 Å². The number of para-hydroxylation sites is 2. The lowest BCUT2D eigenvalue weighted by molar-refractivity contribution is 0.741. The fourth-order valence-corrected chi connectivity index (χ4v) is 6.19. The summed E-state index contributed by atoms with van der Waals surface area (Å²) >= 11 is 0. The third-order valence-corrected chi connectivity index (χ3v) is 8.06. The van der Waals surface area contributed by atoms with Gasteiger partial charge in [0.2, 0.25) is 0 Å². The van der Waals surface area contributed by atoms with Crippen molar-refractivity contribution in [1.29, 1.82) is 0 Å². The zero-order chi connectivity index (χ0) is 29.7. The Bertz CT molecular complexity index is 1690. The van der Waals surface area contributed by atoms with E-state index in [1.165, 1.54) is 33.4 Å². The van der Waals surface area contributed by atoms with Crippen LogP contribution in [-0.2, 0) is 5.41 Å². The second kappa shape index (κ2) is 12.3. The summed E-state index contributed by atoms with van der Waals surface area (Å²) in [6, 6.07) is 37.0. The lowest BCUT2D eigenvalue weighted by Crippen LogP contribution is -2.30. The first-order valence-corrected chi connectivity index (χ1v) is 14.5. The molecule has 1 nitrogen and oxygen atoms in total. The van der Waals surface area contributed by atoms with E-state index >= 15 is 0 Å². The largest absolute Gasteiger partial charge is 0.310 e.